The highest BCUT2D eigenvalue weighted by molar-refractivity contribution is 7.94. The number of hydrogen-bond acceptors (Lipinski definition) is 5. The summed E-state index contributed by atoms with van der Waals surface area (Å²) in [7, 11) is -3.83. The van der Waals surface area contributed by atoms with E-state index in [1.165, 1.54) is 48.5 Å². The van der Waals surface area contributed by atoms with E-state index in [4.69, 9.17) is 21.1 Å². The Hall–Kier alpha value is -2.12. The number of halogens is 2. The van der Waals surface area contributed by atoms with Crippen molar-refractivity contribution < 1.29 is 27.1 Å². The van der Waals surface area contributed by atoms with Crippen LogP contribution >= 0.6 is 11.6 Å². The molecule has 0 aromatic heterocycles. The molecule has 2 aromatic rings. The standard InChI is InChI=1S/C19H18ClFO5S/c20-14-2-8-17(9-3-14)27(23,24)19(10-11-19)18(22)26-13-1-12-25-16-6-4-15(21)5-7-16/h2-9H,1,10-13H2. The molecule has 1 aliphatic rings. The highest BCUT2D eigenvalue weighted by Crippen LogP contribution is 2.47. The number of carbonyl (C=O) groups excluding carboxylic acids is 1. The number of hydrogen-bond donors (Lipinski definition) is 0. The maximum atomic E-state index is 12.8. The van der Waals surface area contributed by atoms with Gasteiger partial charge in [0.15, 0.2) is 14.6 Å². The van der Waals surface area contributed by atoms with Crippen LogP contribution < -0.4 is 4.74 Å². The highest BCUT2D eigenvalue weighted by Gasteiger charge is 2.62. The number of rotatable bonds is 8. The Morgan fingerprint density at radius 2 is 1.67 bits per heavy atom. The van der Waals surface area contributed by atoms with E-state index >= 15 is 0 Å². The third-order valence-electron chi connectivity index (χ3n) is 4.32. The molecule has 144 valence electrons. The van der Waals surface area contributed by atoms with Crippen LogP contribution in [0.1, 0.15) is 19.3 Å². The van der Waals surface area contributed by atoms with Crippen LogP contribution in [0.3, 0.4) is 0 Å². The van der Waals surface area contributed by atoms with Crippen molar-refractivity contribution >= 4 is 27.4 Å². The maximum Gasteiger partial charge on any atom is 0.327 e. The van der Waals surface area contributed by atoms with E-state index < -0.39 is 20.6 Å². The van der Waals surface area contributed by atoms with Gasteiger partial charge in [-0.2, -0.15) is 0 Å². The fourth-order valence-electron chi connectivity index (χ4n) is 2.61. The first-order valence-corrected chi connectivity index (χ1v) is 10.3. The lowest BCUT2D eigenvalue weighted by atomic mass is 10.3. The molecule has 0 heterocycles. The van der Waals surface area contributed by atoms with Crippen LogP contribution in [-0.4, -0.2) is 32.3 Å². The van der Waals surface area contributed by atoms with E-state index in [9.17, 15) is 17.6 Å². The lowest BCUT2D eigenvalue weighted by Crippen LogP contribution is -2.34. The molecule has 1 fully saturated rings. The Morgan fingerprint density at radius 1 is 1.04 bits per heavy atom. The predicted octanol–water partition coefficient (Wildman–Crippen LogP) is 3.80. The van der Waals surface area contributed by atoms with Gasteiger partial charge in [0.2, 0.25) is 0 Å². The molecule has 0 radical (unpaired) electrons. The Kier molecular flexibility index (Phi) is 5.72. The summed E-state index contributed by atoms with van der Waals surface area (Å²) in [5.74, 6) is -0.584. The molecule has 8 heteroatoms. The van der Waals surface area contributed by atoms with E-state index in [-0.39, 0.29) is 36.8 Å². The fourth-order valence-corrected chi connectivity index (χ4v) is 4.60. The number of benzene rings is 2. The minimum Gasteiger partial charge on any atom is -0.493 e. The van der Waals surface area contributed by atoms with Gasteiger partial charge in [0.1, 0.15) is 11.6 Å². The van der Waals surface area contributed by atoms with Crippen LogP contribution in [0, 0.1) is 5.82 Å². The number of sulfone groups is 1. The Labute approximate surface area is 162 Å². The SMILES string of the molecule is O=C(OCCCOc1ccc(F)cc1)C1(S(=O)(=O)c2ccc(Cl)cc2)CC1. The summed E-state index contributed by atoms with van der Waals surface area (Å²) in [5, 5.41) is 0.419. The first-order chi connectivity index (χ1) is 12.8. The Balaban J connectivity index is 1.51. The molecule has 2 aromatic carbocycles. The molecule has 0 atom stereocenters. The molecular weight excluding hydrogens is 395 g/mol. The molecule has 1 saturated carbocycles. The average molecular weight is 413 g/mol. The Morgan fingerprint density at radius 3 is 2.26 bits per heavy atom. The zero-order valence-electron chi connectivity index (χ0n) is 14.4. The summed E-state index contributed by atoms with van der Waals surface area (Å²) in [6.45, 7) is 0.299. The normalized spacial score (nSPS) is 15.2. The molecule has 0 bridgehead atoms. The van der Waals surface area contributed by atoms with Crippen molar-refractivity contribution in [3.63, 3.8) is 0 Å². The Bertz CT molecular complexity index is 906. The molecule has 0 saturated heterocycles. The minimum absolute atomic E-state index is 0.0396. The molecule has 0 spiro atoms. The second kappa shape index (κ2) is 7.86. The topological polar surface area (TPSA) is 69.7 Å². The smallest absolute Gasteiger partial charge is 0.327 e. The zero-order valence-corrected chi connectivity index (χ0v) is 15.9. The van der Waals surface area contributed by atoms with Crippen molar-refractivity contribution in [3.8, 4) is 5.75 Å². The van der Waals surface area contributed by atoms with E-state index in [0.717, 1.165) is 0 Å². The van der Waals surface area contributed by atoms with Crippen molar-refractivity contribution in [3.05, 3.63) is 59.4 Å². The first-order valence-electron chi connectivity index (χ1n) is 8.41. The molecule has 0 unspecified atom stereocenters. The van der Waals surface area contributed by atoms with Gasteiger partial charge in [-0.05, 0) is 61.4 Å². The summed E-state index contributed by atoms with van der Waals surface area (Å²) in [6.07, 6.45) is 0.867. The van der Waals surface area contributed by atoms with Gasteiger partial charge in [0.25, 0.3) is 0 Å². The monoisotopic (exact) mass is 412 g/mol. The van der Waals surface area contributed by atoms with Crippen molar-refractivity contribution in [2.75, 3.05) is 13.2 Å². The summed E-state index contributed by atoms with van der Waals surface area (Å²) in [4.78, 5) is 12.4. The van der Waals surface area contributed by atoms with E-state index in [0.29, 0.717) is 17.2 Å². The number of ether oxygens (including phenoxy) is 2. The molecule has 5 nitrogen and oxygen atoms in total. The largest absolute Gasteiger partial charge is 0.493 e. The second-order valence-corrected chi connectivity index (χ2v) is 8.94. The molecule has 0 amide bonds. The van der Waals surface area contributed by atoms with Gasteiger partial charge in [-0.25, -0.2) is 12.8 Å². The third kappa shape index (κ3) is 4.25. The second-order valence-electron chi connectivity index (χ2n) is 6.24. The van der Waals surface area contributed by atoms with Gasteiger partial charge in [0, 0.05) is 11.4 Å². The third-order valence-corrected chi connectivity index (χ3v) is 7.07. The van der Waals surface area contributed by atoms with Gasteiger partial charge in [-0.1, -0.05) is 11.6 Å². The summed E-state index contributed by atoms with van der Waals surface area (Å²) in [5.41, 5.74) is 0. The zero-order chi connectivity index (χ0) is 19.5. The molecule has 3 rings (SSSR count). The van der Waals surface area contributed by atoms with Crippen LogP contribution in [0.2, 0.25) is 5.02 Å². The van der Waals surface area contributed by atoms with Crippen molar-refractivity contribution in [1.29, 1.82) is 0 Å². The van der Waals surface area contributed by atoms with Crippen LogP contribution in [0.25, 0.3) is 0 Å². The van der Waals surface area contributed by atoms with E-state index in [2.05, 4.69) is 0 Å². The lowest BCUT2D eigenvalue weighted by Gasteiger charge is -2.15. The number of carbonyl (C=O) groups is 1. The van der Waals surface area contributed by atoms with Crippen molar-refractivity contribution in [1.82, 2.24) is 0 Å². The summed E-state index contributed by atoms with van der Waals surface area (Å²) in [6, 6.07) is 11.3. The number of esters is 1. The van der Waals surface area contributed by atoms with Gasteiger partial charge < -0.3 is 9.47 Å². The highest BCUT2D eigenvalue weighted by atomic mass is 35.5. The van der Waals surface area contributed by atoms with Gasteiger partial charge in [0.05, 0.1) is 18.1 Å². The first kappa shape index (κ1) is 19.6. The summed E-state index contributed by atoms with van der Waals surface area (Å²) >= 11 is 5.79. The average Bonchev–Trinajstić information content (AvgIpc) is 3.46. The van der Waals surface area contributed by atoms with E-state index in [1.807, 2.05) is 0 Å². The molecular formula is C19H18ClFO5S. The lowest BCUT2D eigenvalue weighted by molar-refractivity contribution is -0.144. The quantitative estimate of drug-likeness (QED) is 0.487. The fraction of sp³-hybridized carbons (Fsp3) is 0.316. The molecule has 27 heavy (non-hydrogen) atoms. The predicted molar refractivity (Wildman–Crippen MR) is 98.1 cm³/mol. The molecule has 0 aliphatic heterocycles. The molecule has 1 aliphatic carbocycles. The van der Waals surface area contributed by atoms with Gasteiger partial charge in [-0.15, -0.1) is 0 Å². The maximum absolute atomic E-state index is 12.8. The van der Waals surface area contributed by atoms with Crippen LogP contribution in [-0.2, 0) is 19.4 Å². The van der Waals surface area contributed by atoms with Gasteiger partial charge in [-0.3, -0.25) is 4.79 Å². The van der Waals surface area contributed by atoms with Gasteiger partial charge >= 0.3 is 5.97 Å². The van der Waals surface area contributed by atoms with Crippen LogP contribution in [0.5, 0.6) is 5.75 Å². The summed E-state index contributed by atoms with van der Waals surface area (Å²) < 4.78 is 47.4. The van der Waals surface area contributed by atoms with Crippen molar-refractivity contribution in [2.24, 2.45) is 0 Å². The van der Waals surface area contributed by atoms with Crippen LogP contribution in [0.15, 0.2) is 53.4 Å². The van der Waals surface area contributed by atoms with Crippen molar-refractivity contribution in [2.45, 2.75) is 28.9 Å². The van der Waals surface area contributed by atoms with Crippen LogP contribution in [0.4, 0.5) is 4.39 Å². The molecule has 0 N–H and O–H groups in total. The minimum atomic E-state index is -3.83. The van der Waals surface area contributed by atoms with E-state index in [1.54, 1.807) is 0 Å².